The number of carbonyl (C=O) groups is 5. The monoisotopic (exact) mass is 324 g/mol. The lowest BCUT2D eigenvalue weighted by Crippen LogP contribution is -2.30. The molecule has 0 bridgehead atoms. The van der Waals surface area contributed by atoms with Gasteiger partial charge in [0.05, 0.1) is 17.7 Å². The molecule has 1 aromatic carbocycles. The summed E-state index contributed by atoms with van der Waals surface area (Å²) in [7, 11) is 0. The van der Waals surface area contributed by atoms with Crippen molar-refractivity contribution in [1.29, 1.82) is 0 Å². The molecule has 23 heavy (non-hydrogen) atoms. The van der Waals surface area contributed by atoms with Gasteiger partial charge < -0.3 is 20.1 Å². The van der Waals surface area contributed by atoms with E-state index >= 15 is 0 Å². The van der Waals surface area contributed by atoms with Gasteiger partial charge >= 0.3 is 23.9 Å². The van der Waals surface area contributed by atoms with Crippen molar-refractivity contribution >= 4 is 29.7 Å². The van der Waals surface area contributed by atoms with Gasteiger partial charge in [0.2, 0.25) is 0 Å². The van der Waals surface area contributed by atoms with Crippen molar-refractivity contribution in [2.75, 3.05) is 6.61 Å². The number of carboxylic acids is 3. The van der Waals surface area contributed by atoms with E-state index in [9.17, 15) is 24.0 Å². The van der Waals surface area contributed by atoms with Gasteiger partial charge in [0.1, 0.15) is 0 Å². The maximum Gasteiger partial charge on any atom is 0.373 e. The Balaban J connectivity index is 3.54. The highest BCUT2D eigenvalue weighted by atomic mass is 16.5. The number of ketones is 1. The second kappa shape index (κ2) is 7.16. The van der Waals surface area contributed by atoms with Crippen molar-refractivity contribution in [3.8, 4) is 0 Å². The number of carbonyl (C=O) groups excluding carboxylic acids is 2. The Kier molecular flexibility index (Phi) is 5.55. The smallest absolute Gasteiger partial charge is 0.373 e. The second-order valence-corrected chi connectivity index (χ2v) is 4.31. The third-order valence-corrected chi connectivity index (χ3v) is 2.78. The molecule has 0 aliphatic rings. The molecule has 0 amide bonds. The van der Waals surface area contributed by atoms with Crippen LogP contribution in [-0.2, 0) is 19.1 Å². The maximum absolute atomic E-state index is 11.9. The molecular weight excluding hydrogens is 312 g/mol. The van der Waals surface area contributed by atoms with E-state index in [1.807, 2.05) is 0 Å². The molecule has 0 saturated carbocycles. The molecule has 1 atom stereocenters. The predicted molar refractivity (Wildman–Crippen MR) is 72.4 cm³/mol. The summed E-state index contributed by atoms with van der Waals surface area (Å²) in [5.41, 5.74) is -1.40. The van der Waals surface area contributed by atoms with Crippen LogP contribution in [-0.4, -0.2) is 51.6 Å². The Labute approximate surface area is 129 Å². The minimum Gasteiger partial charge on any atom is -0.478 e. The fourth-order valence-corrected chi connectivity index (χ4v) is 1.81. The SMILES string of the molecule is CCOC(=O)C(C(=O)C(=O)O)c1cc(C(=O)O)cc(C(=O)O)c1. The molecule has 1 rings (SSSR count). The van der Waals surface area contributed by atoms with Gasteiger partial charge in [0.25, 0.3) is 5.78 Å². The average molecular weight is 324 g/mol. The number of Topliss-reactive ketones (excluding diaryl/α,β-unsaturated/α-hetero) is 1. The molecule has 0 fully saturated rings. The lowest BCUT2D eigenvalue weighted by atomic mass is 9.91. The van der Waals surface area contributed by atoms with Crippen molar-refractivity contribution < 1.29 is 44.0 Å². The Morgan fingerprint density at radius 3 is 1.78 bits per heavy atom. The molecular formula is C14H12O9. The summed E-state index contributed by atoms with van der Waals surface area (Å²) >= 11 is 0. The van der Waals surface area contributed by atoms with E-state index in [0.717, 1.165) is 18.2 Å². The number of benzene rings is 1. The molecule has 1 unspecified atom stereocenters. The Hall–Kier alpha value is -3.23. The van der Waals surface area contributed by atoms with E-state index in [1.54, 1.807) is 0 Å². The van der Waals surface area contributed by atoms with Crippen LogP contribution in [0.2, 0.25) is 0 Å². The number of hydrogen-bond acceptors (Lipinski definition) is 6. The summed E-state index contributed by atoms with van der Waals surface area (Å²) in [5, 5.41) is 26.8. The van der Waals surface area contributed by atoms with Gasteiger partial charge in [-0.1, -0.05) is 0 Å². The fourth-order valence-electron chi connectivity index (χ4n) is 1.81. The molecule has 0 heterocycles. The topological polar surface area (TPSA) is 155 Å². The quantitative estimate of drug-likeness (QED) is 0.366. The van der Waals surface area contributed by atoms with E-state index in [0.29, 0.717) is 0 Å². The van der Waals surface area contributed by atoms with Crippen LogP contribution in [0.25, 0.3) is 0 Å². The Bertz CT molecular complexity index is 657. The van der Waals surface area contributed by atoms with Gasteiger partial charge in [0, 0.05) is 0 Å². The van der Waals surface area contributed by atoms with Crippen molar-refractivity contribution in [2.45, 2.75) is 12.8 Å². The van der Waals surface area contributed by atoms with Crippen LogP contribution in [0.15, 0.2) is 18.2 Å². The van der Waals surface area contributed by atoms with Crippen molar-refractivity contribution in [2.24, 2.45) is 0 Å². The molecule has 9 heteroatoms. The Morgan fingerprint density at radius 1 is 0.957 bits per heavy atom. The van der Waals surface area contributed by atoms with Crippen LogP contribution in [0.4, 0.5) is 0 Å². The summed E-state index contributed by atoms with van der Waals surface area (Å²) in [6.07, 6.45) is 0. The van der Waals surface area contributed by atoms with Crippen LogP contribution in [0.1, 0.15) is 39.1 Å². The maximum atomic E-state index is 11.9. The molecule has 1 aromatic rings. The van der Waals surface area contributed by atoms with Crippen molar-refractivity contribution in [1.82, 2.24) is 0 Å². The third-order valence-electron chi connectivity index (χ3n) is 2.78. The van der Waals surface area contributed by atoms with E-state index < -0.39 is 46.7 Å². The summed E-state index contributed by atoms with van der Waals surface area (Å²) in [5.74, 6) is -9.65. The van der Waals surface area contributed by atoms with Gasteiger partial charge in [0.15, 0.2) is 5.92 Å². The molecule has 0 spiro atoms. The minimum absolute atomic E-state index is 0.146. The zero-order valence-electron chi connectivity index (χ0n) is 11.8. The second-order valence-electron chi connectivity index (χ2n) is 4.31. The molecule has 0 aromatic heterocycles. The summed E-state index contributed by atoms with van der Waals surface area (Å²) in [4.78, 5) is 56.5. The highest BCUT2D eigenvalue weighted by Gasteiger charge is 2.35. The van der Waals surface area contributed by atoms with E-state index in [2.05, 4.69) is 4.74 Å². The lowest BCUT2D eigenvalue weighted by Gasteiger charge is -2.14. The predicted octanol–water partition coefficient (Wildman–Crippen LogP) is 0.383. The molecule has 122 valence electrons. The summed E-state index contributed by atoms with van der Waals surface area (Å²) in [6, 6.07) is 2.54. The van der Waals surface area contributed by atoms with Gasteiger partial charge in [-0.2, -0.15) is 0 Å². The standard InChI is InChI=1S/C14H12O9/c1-2-23-14(22)9(10(15)13(20)21)6-3-7(11(16)17)5-8(4-6)12(18)19/h3-5,9H,2H2,1H3,(H,16,17)(H,18,19)(H,20,21). The van der Waals surface area contributed by atoms with Crippen LogP contribution in [0.5, 0.6) is 0 Å². The third kappa shape index (κ3) is 4.13. The highest BCUT2D eigenvalue weighted by molar-refractivity contribution is 6.39. The van der Waals surface area contributed by atoms with Crippen LogP contribution in [0, 0.1) is 0 Å². The largest absolute Gasteiger partial charge is 0.478 e. The normalized spacial score (nSPS) is 11.3. The minimum atomic E-state index is -1.95. The van der Waals surface area contributed by atoms with Gasteiger partial charge in [-0.05, 0) is 30.7 Å². The first-order valence-corrected chi connectivity index (χ1v) is 6.24. The number of aromatic carboxylic acids is 2. The van der Waals surface area contributed by atoms with Gasteiger partial charge in [-0.25, -0.2) is 14.4 Å². The average Bonchev–Trinajstić information content (AvgIpc) is 2.47. The molecule has 0 radical (unpaired) electrons. The zero-order valence-corrected chi connectivity index (χ0v) is 11.8. The molecule has 0 aliphatic heterocycles. The first-order valence-electron chi connectivity index (χ1n) is 6.24. The van der Waals surface area contributed by atoms with Crippen LogP contribution < -0.4 is 0 Å². The van der Waals surface area contributed by atoms with E-state index in [-0.39, 0.29) is 12.2 Å². The van der Waals surface area contributed by atoms with Gasteiger partial charge in [-0.15, -0.1) is 0 Å². The number of rotatable bonds is 7. The Morgan fingerprint density at radius 2 is 1.43 bits per heavy atom. The van der Waals surface area contributed by atoms with E-state index in [4.69, 9.17) is 15.3 Å². The van der Waals surface area contributed by atoms with Crippen LogP contribution >= 0.6 is 0 Å². The molecule has 3 N–H and O–H groups in total. The van der Waals surface area contributed by atoms with Gasteiger partial charge in [-0.3, -0.25) is 9.59 Å². The molecule has 0 aliphatic carbocycles. The fraction of sp³-hybridized carbons (Fsp3) is 0.214. The van der Waals surface area contributed by atoms with Crippen molar-refractivity contribution in [3.05, 3.63) is 34.9 Å². The number of carboxylic acid groups (broad SMARTS) is 3. The zero-order chi connectivity index (χ0) is 17.7. The number of hydrogen-bond donors (Lipinski definition) is 3. The van der Waals surface area contributed by atoms with Crippen molar-refractivity contribution in [3.63, 3.8) is 0 Å². The number of esters is 1. The van der Waals surface area contributed by atoms with E-state index in [1.165, 1.54) is 6.92 Å². The summed E-state index contributed by atoms with van der Waals surface area (Å²) < 4.78 is 4.61. The first-order chi connectivity index (χ1) is 10.7. The highest BCUT2D eigenvalue weighted by Crippen LogP contribution is 2.23. The lowest BCUT2D eigenvalue weighted by molar-refractivity contribution is -0.156. The first kappa shape index (κ1) is 17.8. The summed E-state index contributed by atoms with van der Waals surface area (Å²) in [6.45, 7) is 1.28. The van der Waals surface area contributed by atoms with Crippen LogP contribution in [0.3, 0.4) is 0 Å². The molecule has 9 nitrogen and oxygen atoms in total. The number of ether oxygens (including phenoxy) is 1. The molecule has 0 saturated heterocycles. The number of aliphatic carboxylic acids is 1.